The normalized spacial score (nSPS) is 11.6. The number of rotatable bonds is 3. The molecule has 0 fully saturated rings. The van der Waals surface area contributed by atoms with Gasteiger partial charge in [0.1, 0.15) is 34.5 Å². The standard InChI is InChI=1S/C52H24N6O2/c53-25-29-17-37(42(28-56)46(18-29)58-44-14-6-2-10-33(44)39-24-52-41(22-48(39)58)35-12-4-8-16-50(35)60-52)36-19-31(27-55)45(20-30(36)26-54)57-43-13-5-1-9-32(43)38-23-51-40(21-47(38)57)34-11-3-7-15-49(34)59-51/h1-24H. The van der Waals surface area contributed by atoms with Crippen LogP contribution in [0.2, 0.25) is 0 Å². The highest BCUT2D eigenvalue weighted by molar-refractivity contribution is 6.18. The molecule has 0 aliphatic heterocycles. The van der Waals surface area contributed by atoms with E-state index in [9.17, 15) is 21.0 Å². The minimum absolute atomic E-state index is 0.246. The molecule has 0 atom stereocenters. The van der Waals surface area contributed by atoms with Crippen molar-refractivity contribution in [1.82, 2.24) is 9.13 Å². The quantitative estimate of drug-likeness (QED) is 0.176. The monoisotopic (exact) mass is 764 g/mol. The molecule has 0 radical (unpaired) electrons. The molecule has 274 valence electrons. The van der Waals surface area contributed by atoms with Crippen LogP contribution >= 0.6 is 0 Å². The first-order chi connectivity index (χ1) is 29.6. The number of nitrogens with zero attached hydrogens (tertiary/aromatic N) is 6. The predicted octanol–water partition coefficient (Wildman–Crippen LogP) is 12.8. The minimum Gasteiger partial charge on any atom is -0.456 e. The molecule has 60 heavy (non-hydrogen) atoms. The lowest BCUT2D eigenvalue weighted by molar-refractivity contribution is 0.669. The van der Waals surface area contributed by atoms with Gasteiger partial charge in [0, 0.05) is 54.2 Å². The Kier molecular flexibility index (Phi) is 6.73. The summed E-state index contributed by atoms with van der Waals surface area (Å²) in [4.78, 5) is 0. The Morgan fingerprint density at radius 1 is 0.350 bits per heavy atom. The molecule has 8 heteroatoms. The van der Waals surface area contributed by atoms with Crippen LogP contribution in [-0.4, -0.2) is 9.13 Å². The van der Waals surface area contributed by atoms with Gasteiger partial charge in [0.25, 0.3) is 0 Å². The fourth-order valence-electron chi connectivity index (χ4n) is 9.27. The van der Waals surface area contributed by atoms with Gasteiger partial charge in [-0.25, -0.2) is 0 Å². The van der Waals surface area contributed by atoms with Crippen LogP contribution in [0.5, 0.6) is 0 Å². The van der Waals surface area contributed by atoms with Gasteiger partial charge in [0.05, 0.1) is 67.8 Å². The van der Waals surface area contributed by atoms with Crippen LogP contribution in [-0.2, 0) is 0 Å². The summed E-state index contributed by atoms with van der Waals surface area (Å²) in [6.07, 6.45) is 0. The van der Waals surface area contributed by atoms with Crippen LogP contribution < -0.4 is 0 Å². The first-order valence-electron chi connectivity index (χ1n) is 19.2. The molecule has 0 saturated carbocycles. The molecule has 0 spiro atoms. The molecule has 4 heterocycles. The average Bonchev–Trinajstić information content (AvgIpc) is 4.03. The molecule has 4 aromatic heterocycles. The van der Waals surface area contributed by atoms with Crippen molar-refractivity contribution in [2.24, 2.45) is 0 Å². The molecule has 8 aromatic carbocycles. The summed E-state index contributed by atoms with van der Waals surface area (Å²) in [6.45, 7) is 0. The molecule has 12 aromatic rings. The second-order valence-corrected chi connectivity index (χ2v) is 14.9. The van der Waals surface area contributed by atoms with E-state index in [1.54, 1.807) is 24.3 Å². The van der Waals surface area contributed by atoms with E-state index in [4.69, 9.17) is 8.83 Å². The number of hydrogen-bond acceptors (Lipinski definition) is 6. The van der Waals surface area contributed by atoms with Crippen molar-refractivity contribution in [1.29, 1.82) is 21.0 Å². The maximum atomic E-state index is 11.1. The molecule has 0 unspecified atom stereocenters. The van der Waals surface area contributed by atoms with Crippen LogP contribution in [0.3, 0.4) is 0 Å². The first kappa shape index (κ1) is 33.1. The summed E-state index contributed by atoms with van der Waals surface area (Å²) in [7, 11) is 0. The first-order valence-corrected chi connectivity index (χ1v) is 19.2. The van der Waals surface area contributed by atoms with Gasteiger partial charge in [-0.1, -0.05) is 72.8 Å². The number of hydrogen-bond donors (Lipinski definition) is 0. The SMILES string of the molecule is N#Cc1cc(-c2cc(C#N)c(-n3c4ccccc4c4cc5oc6ccccc6c5cc43)cc2C#N)c(C#N)c(-n2c3ccccc3c3cc4oc5ccccc5c4cc32)c1. The highest BCUT2D eigenvalue weighted by atomic mass is 16.3. The molecular formula is C52H24N6O2. The number of benzene rings is 8. The highest BCUT2D eigenvalue weighted by Gasteiger charge is 2.25. The molecule has 0 aliphatic carbocycles. The van der Waals surface area contributed by atoms with Crippen LogP contribution in [0.4, 0.5) is 0 Å². The van der Waals surface area contributed by atoms with Gasteiger partial charge >= 0.3 is 0 Å². The van der Waals surface area contributed by atoms with Gasteiger partial charge in [-0.2, -0.15) is 21.0 Å². The zero-order valence-electron chi connectivity index (χ0n) is 31.4. The zero-order valence-corrected chi connectivity index (χ0v) is 31.4. The number of fused-ring (bicyclic) bond motifs is 12. The Morgan fingerprint density at radius 3 is 1.40 bits per heavy atom. The van der Waals surface area contributed by atoms with Gasteiger partial charge in [-0.05, 0) is 72.8 Å². The van der Waals surface area contributed by atoms with E-state index >= 15 is 0 Å². The van der Waals surface area contributed by atoms with Crippen molar-refractivity contribution in [3.05, 3.63) is 168 Å². The van der Waals surface area contributed by atoms with Crippen molar-refractivity contribution < 1.29 is 8.83 Å². The summed E-state index contributed by atoms with van der Waals surface area (Å²) in [6, 6.07) is 56.2. The molecule has 0 aliphatic rings. The molecule has 12 rings (SSSR count). The van der Waals surface area contributed by atoms with E-state index in [0.717, 1.165) is 87.5 Å². The van der Waals surface area contributed by atoms with Crippen LogP contribution in [0, 0.1) is 45.3 Å². The van der Waals surface area contributed by atoms with Gasteiger partial charge < -0.3 is 18.0 Å². The Hall–Kier alpha value is -9.08. The van der Waals surface area contributed by atoms with E-state index in [1.807, 2.05) is 118 Å². The van der Waals surface area contributed by atoms with Crippen LogP contribution in [0.15, 0.2) is 154 Å². The lowest BCUT2D eigenvalue weighted by Crippen LogP contribution is -2.04. The summed E-state index contributed by atoms with van der Waals surface area (Å²) in [5.74, 6) is 0. The summed E-state index contributed by atoms with van der Waals surface area (Å²) >= 11 is 0. The maximum absolute atomic E-state index is 11.1. The van der Waals surface area contributed by atoms with Crippen molar-refractivity contribution >= 4 is 87.5 Å². The number of nitriles is 4. The Bertz CT molecular complexity index is 4070. The number of para-hydroxylation sites is 4. The van der Waals surface area contributed by atoms with E-state index in [1.165, 1.54) is 0 Å². The molecular weight excluding hydrogens is 741 g/mol. The van der Waals surface area contributed by atoms with E-state index in [2.05, 4.69) is 36.4 Å². The number of aromatic nitrogens is 2. The molecule has 0 bridgehead atoms. The third kappa shape index (κ3) is 4.45. The highest BCUT2D eigenvalue weighted by Crippen LogP contribution is 2.43. The Morgan fingerprint density at radius 2 is 0.867 bits per heavy atom. The van der Waals surface area contributed by atoms with Crippen molar-refractivity contribution in [3.8, 4) is 46.8 Å². The molecule has 0 N–H and O–H groups in total. The second kappa shape index (κ2) is 12.2. The van der Waals surface area contributed by atoms with Crippen LogP contribution in [0.25, 0.3) is 110 Å². The molecule has 8 nitrogen and oxygen atoms in total. The fraction of sp³-hybridized carbons (Fsp3) is 0. The minimum atomic E-state index is 0.246. The third-order valence-electron chi connectivity index (χ3n) is 11.8. The van der Waals surface area contributed by atoms with Gasteiger partial charge in [-0.3, -0.25) is 0 Å². The Labute approximate surface area is 340 Å². The van der Waals surface area contributed by atoms with Gasteiger partial charge in [-0.15, -0.1) is 0 Å². The van der Waals surface area contributed by atoms with Gasteiger partial charge in [0.2, 0.25) is 0 Å². The smallest absolute Gasteiger partial charge is 0.136 e. The van der Waals surface area contributed by atoms with Crippen molar-refractivity contribution in [2.45, 2.75) is 0 Å². The lowest BCUT2D eigenvalue weighted by atomic mass is 9.91. The second-order valence-electron chi connectivity index (χ2n) is 14.9. The van der Waals surface area contributed by atoms with E-state index < -0.39 is 0 Å². The fourth-order valence-corrected chi connectivity index (χ4v) is 9.27. The zero-order chi connectivity index (χ0) is 40.2. The number of furan rings is 2. The molecule has 0 amide bonds. The predicted molar refractivity (Wildman–Crippen MR) is 234 cm³/mol. The Balaban J connectivity index is 1.13. The largest absolute Gasteiger partial charge is 0.456 e. The van der Waals surface area contributed by atoms with Gasteiger partial charge in [0.15, 0.2) is 0 Å². The van der Waals surface area contributed by atoms with Crippen molar-refractivity contribution in [2.75, 3.05) is 0 Å². The van der Waals surface area contributed by atoms with Crippen molar-refractivity contribution in [3.63, 3.8) is 0 Å². The molecule has 0 saturated heterocycles. The maximum Gasteiger partial charge on any atom is 0.136 e. The van der Waals surface area contributed by atoms with E-state index in [-0.39, 0.29) is 11.1 Å². The summed E-state index contributed by atoms with van der Waals surface area (Å²) in [5.41, 5.74) is 9.26. The topological polar surface area (TPSA) is 131 Å². The summed E-state index contributed by atoms with van der Waals surface area (Å²) in [5, 5.41) is 51.0. The summed E-state index contributed by atoms with van der Waals surface area (Å²) < 4.78 is 16.6. The van der Waals surface area contributed by atoms with Crippen LogP contribution in [0.1, 0.15) is 22.3 Å². The van der Waals surface area contributed by atoms with E-state index in [0.29, 0.717) is 33.6 Å². The third-order valence-corrected chi connectivity index (χ3v) is 11.8. The lowest BCUT2D eigenvalue weighted by Gasteiger charge is -2.17. The average molecular weight is 765 g/mol.